The fourth-order valence-electron chi connectivity index (χ4n) is 4.81. The zero-order valence-electron chi connectivity index (χ0n) is 21.8. The SMILES string of the molecule is CCN(CC)CCNC(=O)c1cc(NC(=O)CC(C)CC(C)(C)C)ccc1N1CCCCC1. The van der Waals surface area contributed by atoms with Crippen molar-refractivity contribution in [3.05, 3.63) is 23.8 Å². The number of hydrogen-bond donors (Lipinski definition) is 2. The van der Waals surface area contributed by atoms with Gasteiger partial charge in [0.15, 0.2) is 0 Å². The van der Waals surface area contributed by atoms with Gasteiger partial charge < -0.3 is 20.4 Å². The molecule has 1 aliphatic rings. The molecule has 1 aromatic rings. The summed E-state index contributed by atoms with van der Waals surface area (Å²) in [6.07, 6.45) is 5.01. The van der Waals surface area contributed by atoms with Crippen LogP contribution in [0.2, 0.25) is 0 Å². The van der Waals surface area contributed by atoms with Crippen LogP contribution in [0.15, 0.2) is 18.2 Å². The largest absolute Gasteiger partial charge is 0.371 e. The molecule has 2 amide bonds. The van der Waals surface area contributed by atoms with Crippen LogP contribution in [-0.4, -0.2) is 56.0 Å². The Labute approximate surface area is 201 Å². The molecule has 1 saturated heterocycles. The van der Waals surface area contributed by atoms with Crippen molar-refractivity contribution in [2.24, 2.45) is 11.3 Å². The van der Waals surface area contributed by atoms with E-state index >= 15 is 0 Å². The van der Waals surface area contributed by atoms with E-state index in [0.29, 0.717) is 30.1 Å². The van der Waals surface area contributed by atoms with Gasteiger partial charge in [0.2, 0.25) is 5.91 Å². The maximum atomic E-state index is 13.2. The van der Waals surface area contributed by atoms with Crippen molar-refractivity contribution in [3.8, 4) is 0 Å². The smallest absolute Gasteiger partial charge is 0.253 e. The van der Waals surface area contributed by atoms with Gasteiger partial charge in [-0.3, -0.25) is 9.59 Å². The Morgan fingerprint density at radius 1 is 1.09 bits per heavy atom. The summed E-state index contributed by atoms with van der Waals surface area (Å²) in [5.41, 5.74) is 2.51. The van der Waals surface area contributed by atoms with Gasteiger partial charge in [-0.2, -0.15) is 0 Å². The molecular formula is C27H46N4O2. The molecule has 0 aromatic heterocycles. The maximum absolute atomic E-state index is 13.2. The van der Waals surface area contributed by atoms with Crippen LogP contribution in [-0.2, 0) is 4.79 Å². The molecule has 0 radical (unpaired) electrons. The minimum absolute atomic E-state index is 0.00497. The van der Waals surface area contributed by atoms with Crippen molar-refractivity contribution in [3.63, 3.8) is 0 Å². The van der Waals surface area contributed by atoms with Crippen molar-refractivity contribution in [1.82, 2.24) is 10.2 Å². The number of likely N-dealkylation sites (N-methyl/N-ethyl adjacent to an activating group) is 1. The lowest BCUT2D eigenvalue weighted by Gasteiger charge is -2.30. The molecule has 2 N–H and O–H groups in total. The van der Waals surface area contributed by atoms with E-state index in [9.17, 15) is 9.59 Å². The zero-order chi connectivity index (χ0) is 24.4. The van der Waals surface area contributed by atoms with E-state index in [1.54, 1.807) is 0 Å². The Balaban J connectivity index is 2.12. The van der Waals surface area contributed by atoms with Gasteiger partial charge in [-0.05, 0) is 68.3 Å². The number of piperidine rings is 1. The number of anilines is 2. The van der Waals surface area contributed by atoms with Gasteiger partial charge in [-0.25, -0.2) is 0 Å². The summed E-state index contributed by atoms with van der Waals surface area (Å²) in [6, 6.07) is 5.78. The number of amides is 2. The van der Waals surface area contributed by atoms with E-state index in [4.69, 9.17) is 0 Å². The standard InChI is InChI=1S/C27H46N4O2/c1-7-30(8-2)17-14-28-26(33)23-19-22(12-13-24(23)31-15-10-9-11-16-31)29-25(32)18-21(3)20-27(4,5)6/h12-13,19,21H,7-11,14-18,20H2,1-6H3,(H,28,33)(H,29,32). The van der Waals surface area contributed by atoms with Crippen LogP contribution < -0.4 is 15.5 Å². The first-order valence-corrected chi connectivity index (χ1v) is 12.8. The molecule has 1 atom stereocenters. The summed E-state index contributed by atoms with van der Waals surface area (Å²) < 4.78 is 0. The molecule has 1 aromatic carbocycles. The molecule has 1 unspecified atom stereocenters. The normalized spacial score (nSPS) is 15.4. The molecule has 2 rings (SSSR count). The van der Waals surface area contributed by atoms with Gasteiger partial charge in [0.1, 0.15) is 0 Å². The number of nitrogens with one attached hydrogen (secondary N) is 2. The molecule has 1 heterocycles. The first kappa shape index (κ1) is 27.2. The van der Waals surface area contributed by atoms with E-state index in [2.05, 4.69) is 62.0 Å². The molecule has 1 aliphatic heterocycles. The van der Waals surface area contributed by atoms with E-state index < -0.39 is 0 Å². The number of nitrogens with zero attached hydrogens (tertiary/aromatic N) is 2. The topological polar surface area (TPSA) is 64.7 Å². The van der Waals surface area contributed by atoms with Crippen LogP contribution in [0.4, 0.5) is 11.4 Å². The lowest BCUT2D eigenvalue weighted by atomic mass is 9.84. The maximum Gasteiger partial charge on any atom is 0.253 e. The predicted octanol–water partition coefficient (Wildman–Crippen LogP) is 5.15. The molecule has 1 fully saturated rings. The summed E-state index contributed by atoms with van der Waals surface area (Å²) in [5, 5.41) is 6.13. The van der Waals surface area contributed by atoms with Crippen LogP contribution in [0.1, 0.15) is 84.0 Å². The average Bonchev–Trinajstić information content (AvgIpc) is 2.75. The van der Waals surface area contributed by atoms with Crippen molar-refractivity contribution >= 4 is 23.2 Å². The summed E-state index contributed by atoms with van der Waals surface area (Å²) >= 11 is 0. The van der Waals surface area contributed by atoms with Crippen molar-refractivity contribution in [2.75, 3.05) is 49.5 Å². The molecule has 6 heteroatoms. The quantitative estimate of drug-likeness (QED) is 0.481. The minimum Gasteiger partial charge on any atom is -0.371 e. The van der Waals surface area contributed by atoms with E-state index in [0.717, 1.165) is 57.7 Å². The van der Waals surface area contributed by atoms with Gasteiger partial charge in [-0.1, -0.05) is 41.5 Å². The van der Waals surface area contributed by atoms with E-state index in [1.807, 2.05) is 18.2 Å². The Hall–Kier alpha value is -2.08. The summed E-state index contributed by atoms with van der Waals surface area (Å²) in [7, 11) is 0. The fraction of sp³-hybridized carbons (Fsp3) is 0.704. The number of carbonyl (C=O) groups is 2. The van der Waals surface area contributed by atoms with Crippen LogP contribution in [0, 0.1) is 11.3 Å². The number of benzene rings is 1. The van der Waals surface area contributed by atoms with Crippen molar-refractivity contribution in [1.29, 1.82) is 0 Å². The predicted molar refractivity (Wildman–Crippen MR) is 139 cm³/mol. The van der Waals surface area contributed by atoms with Gasteiger partial charge >= 0.3 is 0 Å². The Morgan fingerprint density at radius 3 is 2.36 bits per heavy atom. The summed E-state index contributed by atoms with van der Waals surface area (Å²) in [6.45, 7) is 18.3. The first-order valence-electron chi connectivity index (χ1n) is 12.8. The average molecular weight is 459 g/mol. The third kappa shape index (κ3) is 9.36. The first-order chi connectivity index (χ1) is 15.6. The highest BCUT2D eigenvalue weighted by molar-refractivity contribution is 6.02. The Kier molecular flexibility index (Phi) is 10.7. The van der Waals surface area contributed by atoms with Gasteiger partial charge in [0, 0.05) is 44.0 Å². The minimum atomic E-state index is -0.0695. The highest BCUT2D eigenvalue weighted by atomic mass is 16.2. The molecule has 33 heavy (non-hydrogen) atoms. The highest BCUT2D eigenvalue weighted by Crippen LogP contribution is 2.29. The van der Waals surface area contributed by atoms with Crippen molar-refractivity contribution < 1.29 is 9.59 Å². The highest BCUT2D eigenvalue weighted by Gasteiger charge is 2.21. The molecule has 0 aliphatic carbocycles. The third-order valence-electron chi connectivity index (χ3n) is 6.32. The lowest BCUT2D eigenvalue weighted by molar-refractivity contribution is -0.117. The molecule has 186 valence electrons. The van der Waals surface area contributed by atoms with E-state index in [-0.39, 0.29) is 17.2 Å². The third-order valence-corrected chi connectivity index (χ3v) is 6.32. The monoisotopic (exact) mass is 458 g/mol. The van der Waals surface area contributed by atoms with E-state index in [1.165, 1.54) is 6.42 Å². The molecule has 0 spiro atoms. The number of hydrogen-bond acceptors (Lipinski definition) is 4. The Morgan fingerprint density at radius 2 is 1.76 bits per heavy atom. The van der Waals surface area contributed by atoms with Crippen LogP contribution >= 0.6 is 0 Å². The summed E-state index contributed by atoms with van der Waals surface area (Å²) in [5.74, 6) is 0.241. The van der Waals surface area contributed by atoms with Crippen molar-refractivity contribution in [2.45, 2.75) is 73.6 Å². The van der Waals surface area contributed by atoms with Gasteiger partial charge in [-0.15, -0.1) is 0 Å². The second-order valence-electron chi connectivity index (χ2n) is 10.7. The lowest BCUT2D eigenvalue weighted by Crippen LogP contribution is -2.36. The Bertz CT molecular complexity index is 762. The second-order valence-corrected chi connectivity index (χ2v) is 10.7. The van der Waals surface area contributed by atoms with Crippen LogP contribution in [0.5, 0.6) is 0 Å². The summed E-state index contributed by atoms with van der Waals surface area (Å²) in [4.78, 5) is 30.4. The second kappa shape index (κ2) is 13.0. The van der Waals surface area contributed by atoms with Crippen LogP contribution in [0.25, 0.3) is 0 Å². The number of rotatable bonds is 11. The molecule has 6 nitrogen and oxygen atoms in total. The molecule has 0 saturated carbocycles. The molecular weight excluding hydrogens is 412 g/mol. The molecule has 0 bridgehead atoms. The van der Waals surface area contributed by atoms with Gasteiger partial charge in [0.25, 0.3) is 5.91 Å². The van der Waals surface area contributed by atoms with Crippen LogP contribution in [0.3, 0.4) is 0 Å². The zero-order valence-corrected chi connectivity index (χ0v) is 21.8. The number of carbonyl (C=O) groups excluding carboxylic acids is 2. The van der Waals surface area contributed by atoms with Gasteiger partial charge in [0.05, 0.1) is 5.56 Å². The fourth-order valence-corrected chi connectivity index (χ4v) is 4.81.